The molecule has 0 aliphatic carbocycles. The van der Waals surface area contributed by atoms with Gasteiger partial charge in [-0.05, 0) is 48.4 Å². The van der Waals surface area contributed by atoms with E-state index in [1.807, 2.05) is 12.1 Å². The lowest BCUT2D eigenvalue weighted by atomic mass is 10.1. The zero-order valence-electron chi connectivity index (χ0n) is 14.7. The molecule has 3 amide bonds. The van der Waals surface area contributed by atoms with Crippen LogP contribution in [0.4, 0.5) is 10.1 Å². The summed E-state index contributed by atoms with van der Waals surface area (Å²) in [5.74, 6) is -1.64. The maximum atomic E-state index is 13.1. The van der Waals surface area contributed by atoms with Gasteiger partial charge >= 0.3 is 0 Å². The van der Waals surface area contributed by atoms with E-state index < -0.39 is 23.7 Å². The van der Waals surface area contributed by atoms with E-state index in [-0.39, 0.29) is 18.9 Å². The maximum Gasteiger partial charge on any atom is 0.257 e. The van der Waals surface area contributed by atoms with Gasteiger partial charge in [-0.25, -0.2) is 9.29 Å². The SMILES string of the molecule is CC(=O)N(CCc1cccc(Cl)c1)C1CC(=O)N(c2ccc(F)cc2)C1=O. The van der Waals surface area contributed by atoms with Crippen LogP contribution in [0.15, 0.2) is 48.5 Å². The zero-order chi connectivity index (χ0) is 19.6. The molecule has 1 saturated heterocycles. The molecule has 1 fully saturated rings. The van der Waals surface area contributed by atoms with Gasteiger partial charge in [-0.2, -0.15) is 0 Å². The van der Waals surface area contributed by atoms with E-state index in [4.69, 9.17) is 11.6 Å². The molecule has 0 bridgehead atoms. The lowest BCUT2D eigenvalue weighted by Gasteiger charge is -2.26. The van der Waals surface area contributed by atoms with Gasteiger partial charge in [0.15, 0.2) is 0 Å². The Kier molecular flexibility index (Phi) is 5.56. The van der Waals surface area contributed by atoms with E-state index in [0.29, 0.717) is 17.1 Å². The number of hydrogen-bond donors (Lipinski definition) is 0. The summed E-state index contributed by atoms with van der Waals surface area (Å²) >= 11 is 5.98. The normalized spacial score (nSPS) is 16.7. The molecule has 3 rings (SSSR count). The third-order valence-corrected chi connectivity index (χ3v) is 4.75. The molecule has 7 heteroatoms. The molecule has 0 spiro atoms. The third-order valence-electron chi connectivity index (χ3n) is 4.52. The van der Waals surface area contributed by atoms with Gasteiger partial charge in [-0.3, -0.25) is 14.4 Å². The predicted octanol–water partition coefficient (Wildman–Crippen LogP) is 3.20. The predicted molar refractivity (Wildman–Crippen MR) is 99.8 cm³/mol. The lowest BCUT2D eigenvalue weighted by molar-refractivity contribution is -0.136. The van der Waals surface area contributed by atoms with Crippen molar-refractivity contribution in [2.45, 2.75) is 25.8 Å². The summed E-state index contributed by atoms with van der Waals surface area (Å²) in [5, 5.41) is 0.594. The van der Waals surface area contributed by atoms with E-state index in [1.54, 1.807) is 12.1 Å². The van der Waals surface area contributed by atoms with Crippen LogP contribution in [-0.2, 0) is 20.8 Å². The fourth-order valence-corrected chi connectivity index (χ4v) is 3.41. The van der Waals surface area contributed by atoms with Crippen LogP contribution in [0.3, 0.4) is 0 Å². The standard InChI is InChI=1S/C20H18ClFN2O3/c1-13(25)23(10-9-14-3-2-4-15(21)11-14)18-12-19(26)24(20(18)27)17-7-5-16(22)6-8-17/h2-8,11,18H,9-10,12H2,1H3. The lowest BCUT2D eigenvalue weighted by Crippen LogP contribution is -2.45. The number of hydrogen-bond acceptors (Lipinski definition) is 3. The van der Waals surface area contributed by atoms with Gasteiger partial charge in [0.2, 0.25) is 11.8 Å². The Hall–Kier alpha value is -2.73. The molecule has 0 saturated carbocycles. The molecule has 1 atom stereocenters. The van der Waals surface area contributed by atoms with Crippen LogP contribution in [0, 0.1) is 5.82 Å². The van der Waals surface area contributed by atoms with Crippen LogP contribution < -0.4 is 4.90 Å². The molecule has 0 radical (unpaired) electrons. The molecular weight excluding hydrogens is 371 g/mol. The molecule has 140 valence electrons. The minimum Gasteiger partial charge on any atom is -0.330 e. The second-order valence-electron chi connectivity index (χ2n) is 6.36. The quantitative estimate of drug-likeness (QED) is 0.739. The zero-order valence-corrected chi connectivity index (χ0v) is 15.4. The fraction of sp³-hybridized carbons (Fsp3) is 0.250. The first kappa shape index (κ1) is 19.0. The number of anilines is 1. The smallest absolute Gasteiger partial charge is 0.257 e. The summed E-state index contributed by atoms with van der Waals surface area (Å²) < 4.78 is 13.1. The highest BCUT2D eigenvalue weighted by atomic mass is 35.5. The minimum atomic E-state index is -0.862. The van der Waals surface area contributed by atoms with Gasteiger partial charge in [0.25, 0.3) is 5.91 Å². The van der Waals surface area contributed by atoms with Gasteiger partial charge in [0.1, 0.15) is 11.9 Å². The molecule has 1 unspecified atom stereocenters. The van der Waals surface area contributed by atoms with Crippen molar-refractivity contribution in [1.29, 1.82) is 0 Å². The molecular formula is C20H18ClFN2O3. The van der Waals surface area contributed by atoms with Crippen LogP contribution in [-0.4, -0.2) is 35.2 Å². The molecule has 1 aliphatic rings. The number of carbonyl (C=O) groups is 3. The molecule has 2 aromatic carbocycles. The van der Waals surface area contributed by atoms with Crippen molar-refractivity contribution in [3.63, 3.8) is 0 Å². The Morgan fingerprint density at radius 3 is 2.56 bits per heavy atom. The Bertz CT molecular complexity index is 885. The summed E-state index contributed by atoms with van der Waals surface area (Å²) in [5.41, 5.74) is 1.23. The van der Waals surface area contributed by atoms with Crippen molar-refractivity contribution >= 4 is 35.0 Å². The highest BCUT2D eigenvalue weighted by Crippen LogP contribution is 2.26. The molecule has 27 heavy (non-hydrogen) atoms. The molecule has 1 heterocycles. The van der Waals surface area contributed by atoms with Crippen LogP contribution in [0.25, 0.3) is 0 Å². The van der Waals surface area contributed by atoms with Crippen LogP contribution >= 0.6 is 11.6 Å². The average molecular weight is 389 g/mol. The highest BCUT2D eigenvalue weighted by Gasteiger charge is 2.43. The van der Waals surface area contributed by atoms with Crippen molar-refractivity contribution in [1.82, 2.24) is 4.90 Å². The molecule has 2 aromatic rings. The van der Waals surface area contributed by atoms with Crippen LogP contribution in [0.1, 0.15) is 18.9 Å². The fourth-order valence-electron chi connectivity index (χ4n) is 3.20. The van der Waals surface area contributed by atoms with E-state index in [2.05, 4.69) is 0 Å². The summed E-state index contributed by atoms with van der Waals surface area (Å²) in [4.78, 5) is 39.7. The Labute approximate surface area is 161 Å². The number of carbonyl (C=O) groups excluding carboxylic acids is 3. The first-order valence-corrected chi connectivity index (χ1v) is 8.88. The number of nitrogens with zero attached hydrogens (tertiary/aromatic N) is 2. The van der Waals surface area contributed by atoms with E-state index in [1.165, 1.54) is 36.1 Å². The number of benzene rings is 2. The third kappa shape index (κ3) is 4.17. The van der Waals surface area contributed by atoms with Gasteiger partial charge in [0, 0.05) is 18.5 Å². The molecule has 0 aromatic heterocycles. The van der Waals surface area contributed by atoms with Gasteiger partial charge < -0.3 is 4.90 Å². The maximum absolute atomic E-state index is 13.1. The van der Waals surface area contributed by atoms with Crippen LogP contribution in [0.5, 0.6) is 0 Å². The first-order valence-electron chi connectivity index (χ1n) is 8.51. The van der Waals surface area contributed by atoms with Crippen molar-refractivity contribution < 1.29 is 18.8 Å². The van der Waals surface area contributed by atoms with Crippen LogP contribution in [0.2, 0.25) is 5.02 Å². The van der Waals surface area contributed by atoms with Gasteiger partial charge in [-0.1, -0.05) is 23.7 Å². The minimum absolute atomic E-state index is 0.0919. The topological polar surface area (TPSA) is 57.7 Å². The Morgan fingerprint density at radius 2 is 1.93 bits per heavy atom. The van der Waals surface area contributed by atoms with Crippen molar-refractivity contribution in [3.8, 4) is 0 Å². The Morgan fingerprint density at radius 1 is 1.22 bits per heavy atom. The van der Waals surface area contributed by atoms with Crippen molar-refractivity contribution in [2.75, 3.05) is 11.4 Å². The summed E-state index contributed by atoms with van der Waals surface area (Å²) in [6.07, 6.45) is 0.417. The van der Waals surface area contributed by atoms with E-state index in [0.717, 1.165) is 10.5 Å². The summed E-state index contributed by atoms with van der Waals surface area (Å²) in [6, 6.07) is 11.5. The largest absolute Gasteiger partial charge is 0.330 e. The van der Waals surface area contributed by atoms with E-state index in [9.17, 15) is 18.8 Å². The van der Waals surface area contributed by atoms with Gasteiger partial charge in [-0.15, -0.1) is 0 Å². The molecule has 5 nitrogen and oxygen atoms in total. The summed E-state index contributed by atoms with van der Waals surface area (Å²) in [6.45, 7) is 1.66. The number of imide groups is 1. The molecule has 0 N–H and O–H groups in total. The van der Waals surface area contributed by atoms with E-state index >= 15 is 0 Å². The van der Waals surface area contributed by atoms with Gasteiger partial charge in [0.05, 0.1) is 12.1 Å². The second-order valence-corrected chi connectivity index (χ2v) is 6.79. The summed E-state index contributed by atoms with van der Waals surface area (Å²) in [7, 11) is 0. The number of amides is 3. The van der Waals surface area contributed by atoms with Crippen molar-refractivity contribution in [2.24, 2.45) is 0 Å². The Balaban J connectivity index is 1.77. The monoisotopic (exact) mass is 388 g/mol. The second kappa shape index (κ2) is 7.88. The number of halogens is 2. The molecule has 1 aliphatic heterocycles. The average Bonchev–Trinajstić information content (AvgIpc) is 2.90. The number of rotatable bonds is 5. The first-order chi connectivity index (χ1) is 12.9. The van der Waals surface area contributed by atoms with Crippen molar-refractivity contribution in [3.05, 3.63) is 64.9 Å². The highest BCUT2D eigenvalue weighted by molar-refractivity contribution is 6.30.